The first kappa shape index (κ1) is 26.8. The van der Waals surface area contributed by atoms with E-state index in [0.29, 0.717) is 0 Å². The molecule has 86 valence electrons. The largest absolute Gasteiger partial charge is 1.00 e. The van der Waals surface area contributed by atoms with Crippen LogP contribution < -0.4 is 88.7 Å². The first-order valence-electron chi connectivity index (χ1n) is 3.62. The molecule has 0 heterocycles. The van der Waals surface area contributed by atoms with Crippen molar-refractivity contribution >= 4 is 18.1 Å². The standard InChI is InChI=1S/C7H10O7.3Na.3H/c1-13-3-4(2-5(8)9)6(10)14-7(11)12;;;;;;/h4H,2-3H2,1H3,(H,8,9)(H,11,12);;;;;;/q;3*+1;3*-1. The van der Waals surface area contributed by atoms with Gasteiger partial charge in [-0.05, 0) is 0 Å². The van der Waals surface area contributed by atoms with Crippen molar-refractivity contribution in [2.45, 2.75) is 6.42 Å². The summed E-state index contributed by atoms with van der Waals surface area (Å²) < 4.78 is 8.35. The number of methoxy groups -OCH3 is 1. The molecule has 0 saturated heterocycles. The number of hydrogen-bond acceptors (Lipinski definition) is 5. The smallest absolute Gasteiger partial charge is 1.00 e. The zero-order valence-corrected chi connectivity index (χ0v) is 16.4. The molecule has 0 radical (unpaired) electrons. The van der Waals surface area contributed by atoms with Gasteiger partial charge in [0.2, 0.25) is 0 Å². The van der Waals surface area contributed by atoms with Crippen molar-refractivity contribution in [3.05, 3.63) is 0 Å². The minimum absolute atomic E-state index is 0. The zero-order valence-electron chi connectivity index (χ0n) is 13.4. The van der Waals surface area contributed by atoms with Gasteiger partial charge in [-0.25, -0.2) is 4.79 Å². The van der Waals surface area contributed by atoms with Crippen LogP contribution in [0.1, 0.15) is 10.7 Å². The summed E-state index contributed by atoms with van der Waals surface area (Å²) in [6.07, 6.45) is -2.29. The first-order chi connectivity index (χ1) is 6.47. The minimum atomic E-state index is -1.76. The normalized spacial score (nSPS) is 9.71. The van der Waals surface area contributed by atoms with E-state index in [1.54, 1.807) is 0 Å². The van der Waals surface area contributed by atoms with Gasteiger partial charge >= 0.3 is 107 Å². The Bertz CT molecular complexity index is 258. The van der Waals surface area contributed by atoms with E-state index in [4.69, 9.17) is 10.2 Å². The van der Waals surface area contributed by atoms with Crippen molar-refractivity contribution in [2.75, 3.05) is 13.7 Å². The van der Waals surface area contributed by atoms with Crippen molar-refractivity contribution in [2.24, 2.45) is 5.92 Å². The van der Waals surface area contributed by atoms with Crippen molar-refractivity contribution in [1.29, 1.82) is 0 Å². The SMILES string of the molecule is COCC(CC(=O)O)C(=O)OC(=O)O.[H-].[H-].[H-].[Na+].[Na+].[Na+]. The number of carboxylic acids is 1. The molecule has 7 nitrogen and oxygen atoms in total. The fraction of sp³-hybridized carbons (Fsp3) is 0.571. The molecule has 10 heteroatoms. The van der Waals surface area contributed by atoms with E-state index >= 15 is 0 Å². The summed E-state index contributed by atoms with van der Waals surface area (Å²) in [6, 6.07) is 0. The number of carboxylic acid groups (broad SMARTS) is 2. The third kappa shape index (κ3) is 15.3. The summed E-state index contributed by atoms with van der Waals surface area (Å²) in [7, 11) is 1.27. The summed E-state index contributed by atoms with van der Waals surface area (Å²) in [5.41, 5.74) is 0. The fourth-order valence-electron chi connectivity index (χ4n) is 0.792. The second kappa shape index (κ2) is 15.4. The number of esters is 1. The summed E-state index contributed by atoms with van der Waals surface area (Å²) in [5.74, 6) is -3.45. The van der Waals surface area contributed by atoms with E-state index < -0.39 is 30.4 Å². The van der Waals surface area contributed by atoms with Crippen LogP contribution in [0.3, 0.4) is 0 Å². The molecule has 1 atom stereocenters. The molecule has 0 fully saturated rings. The molecule has 2 N–H and O–H groups in total. The van der Waals surface area contributed by atoms with Crippen molar-refractivity contribution in [3.63, 3.8) is 0 Å². The van der Waals surface area contributed by atoms with Crippen LogP contribution in [0.15, 0.2) is 0 Å². The zero-order chi connectivity index (χ0) is 11.1. The van der Waals surface area contributed by atoms with Crippen LogP contribution in [0, 0.1) is 5.92 Å². The van der Waals surface area contributed by atoms with E-state index in [-0.39, 0.29) is 99.6 Å². The van der Waals surface area contributed by atoms with Gasteiger partial charge in [0.25, 0.3) is 0 Å². The molecule has 0 rings (SSSR count). The number of carbonyl (C=O) groups excluding carboxylic acids is 1. The first-order valence-corrected chi connectivity index (χ1v) is 3.62. The third-order valence-corrected chi connectivity index (χ3v) is 1.31. The summed E-state index contributed by atoms with van der Waals surface area (Å²) in [4.78, 5) is 31.2. The Morgan fingerprint density at radius 2 is 1.65 bits per heavy atom. The van der Waals surface area contributed by atoms with E-state index in [1.807, 2.05) is 0 Å². The molecule has 0 aliphatic heterocycles. The van der Waals surface area contributed by atoms with Gasteiger partial charge in [-0.1, -0.05) is 0 Å². The van der Waals surface area contributed by atoms with Crippen LogP contribution in [-0.4, -0.2) is 42.0 Å². The van der Waals surface area contributed by atoms with Gasteiger partial charge in [-0.2, -0.15) is 0 Å². The van der Waals surface area contributed by atoms with Gasteiger partial charge in [0.05, 0.1) is 18.9 Å². The van der Waals surface area contributed by atoms with Crippen molar-refractivity contribution < 1.29 is 127 Å². The Balaban J connectivity index is -0.0000000563. The van der Waals surface area contributed by atoms with Crippen molar-refractivity contribution in [1.82, 2.24) is 0 Å². The van der Waals surface area contributed by atoms with E-state index in [0.717, 1.165) is 0 Å². The van der Waals surface area contributed by atoms with Gasteiger partial charge < -0.3 is 24.0 Å². The van der Waals surface area contributed by atoms with Gasteiger partial charge in [0, 0.05) is 7.11 Å². The predicted octanol–water partition coefficient (Wildman–Crippen LogP) is -8.71. The molecule has 0 bridgehead atoms. The van der Waals surface area contributed by atoms with E-state index in [9.17, 15) is 14.4 Å². The van der Waals surface area contributed by atoms with E-state index in [1.165, 1.54) is 7.11 Å². The summed E-state index contributed by atoms with van der Waals surface area (Å²) >= 11 is 0. The van der Waals surface area contributed by atoms with Crippen LogP contribution in [0.2, 0.25) is 0 Å². The Kier molecular flexibility index (Phi) is 24.4. The number of ether oxygens (including phenoxy) is 2. The maximum absolute atomic E-state index is 10.9. The van der Waals surface area contributed by atoms with Crippen LogP contribution in [0.4, 0.5) is 4.79 Å². The van der Waals surface area contributed by atoms with Gasteiger partial charge in [0.15, 0.2) is 0 Å². The Morgan fingerprint density at radius 1 is 1.18 bits per heavy atom. The van der Waals surface area contributed by atoms with Crippen LogP contribution in [0.25, 0.3) is 0 Å². The third-order valence-electron chi connectivity index (χ3n) is 1.31. The quantitative estimate of drug-likeness (QED) is 0.292. The predicted molar refractivity (Wildman–Crippen MR) is 45.1 cm³/mol. The molecular weight excluding hydrogens is 265 g/mol. The maximum atomic E-state index is 10.9. The molecule has 0 amide bonds. The Labute approximate surface area is 169 Å². The van der Waals surface area contributed by atoms with Crippen LogP contribution >= 0.6 is 0 Å². The molecule has 17 heavy (non-hydrogen) atoms. The number of carbonyl (C=O) groups is 3. The number of hydrogen-bond donors (Lipinski definition) is 2. The molecule has 0 aromatic heterocycles. The topological polar surface area (TPSA) is 110 Å². The average Bonchev–Trinajstić information content (AvgIpc) is 2.01. The minimum Gasteiger partial charge on any atom is -1.00 e. The molecule has 1 unspecified atom stereocenters. The molecule has 0 aliphatic rings. The van der Waals surface area contributed by atoms with Crippen LogP contribution in [-0.2, 0) is 19.1 Å². The van der Waals surface area contributed by atoms with Crippen LogP contribution in [0.5, 0.6) is 0 Å². The summed E-state index contributed by atoms with van der Waals surface area (Å²) in [6.45, 7) is -0.196. The molecule has 0 spiro atoms. The summed E-state index contributed by atoms with van der Waals surface area (Å²) in [5, 5.41) is 16.5. The van der Waals surface area contributed by atoms with Gasteiger partial charge in [-0.15, -0.1) is 0 Å². The molecule has 0 aliphatic carbocycles. The fourth-order valence-corrected chi connectivity index (χ4v) is 0.792. The second-order valence-electron chi connectivity index (χ2n) is 2.44. The molecular formula is C7H13Na3O7. The van der Waals surface area contributed by atoms with Crippen molar-refractivity contribution in [3.8, 4) is 0 Å². The molecule has 0 aromatic rings. The second-order valence-corrected chi connectivity index (χ2v) is 2.44. The maximum Gasteiger partial charge on any atom is 1.00 e. The monoisotopic (exact) mass is 278 g/mol. The van der Waals surface area contributed by atoms with Gasteiger partial charge in [0.1, 0.15) is 0 Å². The number of aliphatic carboxylic acids is 1. The molecule has 0 aromatic carbocycles. The average molecular weight is 278 g/mol. The van der Waals surface area contributed by atoms with E-state index in [2.05, 4.69) is 9.47 Å². The van der Waals surface area contributed by atoms with Gasteiger partial charge in [-0.3, -0.25) is 9.59 Å². The number of rotatable bonds is 5. The molecule has 0 saturated carbocycles. The Hall–Kier alpha value is 1.37. The Morgan fingerprint density at radius 3 is 1.94 bits per heavy atom.